The van der Waals surface area contributed by atoms with Crippen LogP contribution in [0.1, 0.15) is 16.0 Å². The van der Waals surface area contributed by atoms with Gasteiger partial charge in [-0.15, -0.1) is 11.3 Å². The van der Waals surface area contributed by atoms with Crippen molar-refractivity contribution in [3.63, 3.8) is 0 Å². The Morgan fingerprint density at radius 2 is 1.72 bits per heavy atom. The van der Waals surface area contributed by atoms with Crippen LogP contribution in [0.4, 0.5) is 0 Å². The zero-order valence-corrected chi connectivity index (χ0v) is 11.3. The number of primary sulfonamides is 1. The smallest absolute Gasteiger partial charge is 0.224 e. The molecule has 2 rings (SSSR count). The summed E-state index contributed by atoms with van der Waals surface area (Å²) >= 11 is 1.08. The first-order chi connectivity index (χ1) is 8.45. The van der Waals surface area contributed by atoms with Crippen LogP contribution in [0.3, 0.4) is 0 Å². The highest BCUT2D eigenvalue weighted by Crippen LogP contribution is 2.19. The van der Waals surface area contributed by atoms with Gasteiger partial charge in [0.05, 0.1) is 4.88 Å². The number of aryl methyl sites for hydroxylation is 1. The van der Waals surface area contributed by atoms with Crippen molar-refractivity contribution in [3.8, 4) is 11.8 Å². The van der Waals surface area contributed by atoms with Gasteiger partial charge >= 0.3 is 0 Å². The lowest BCUT2D eigenvalue weighted by Gasteiger charge is -1.91. The number of hydrogen-bond donors (Lipinski definition) is 1. The van der Waals surface area contributed by atoms with Crippen LogP contribution in [0, 0.1) is 18.8 Å². The summed E-state index contributed by atoms with van der Waals surface area (Å²) in [5.41, 5.74) is 2.07. The Balaban J connectivity index is 2.25. The maximum atomic E-state index is 11.1. The minimum absolute atomic E-state index is 0.135. The van der Waals surface area contributed by atoms with Gasteiger partial charge in [0.2, 0.25) is 10.0 Å². The predicted molar refractivity (Wildman–Crippen MR) is 72.9 cm³/mol. The van der Waals surface area contributed by atoms with E-state index >= 15 is 0 Å². The number of nitrogens with two attached hydrogens (primary N) is 1. The Hall–Kier alpha value is -1.61. The number of rotatable bonds is 1. The standard InChI is InChI=1S/C13H11NO2S2/c1-10-2-4-11(5-3-10)6-7-12-8-9-13(17-12)18(14,15)16/h2-5,8-9H,1H3,(H2,14,15,16). The largest absolute Gasteiger partial charge is 0.247 e. The van der Waals surface area contributed by atoms with Crippen LogP contribution in [-0.4, -0.2) is 8.42 Å². The molecule has 0 saturated carbocycles. The molecule has 18 heavy (non-hydrogen) atoms. The summed E-state index contributed by atoms with van der Waals surface area (Å²) in [7, 11) is -3.62. The molecule has 0 amide bonds. The summed E-state index contributed by atoms with van der Waals surface area (Å²) in [6.07, 6.45) is 0. The lowest BCUT2D eigenvalue weighted by Crippen LogP contribution is -2.09. The van der Waals surface area contributed by atoms with Gasteiger partial charge in [0.15, 0.2) is 0 Å². The molecule has 1 aromatic heterocycles. The summed E-state index contributed by atoms with van der Waals surface area (Å²) in [4.78, 5) is 0.680. The van der Waals surface area contributed by atoms with Crippen molar-refractivity contribution >= 4 is 21.4 Å². The lowest BCUT2D eigenvalue weighted by atomic mass is 10.1. The first-order valence-corrected chi connectivity index (χ1v) is 7.53. The first kappa shape index (κ1) is 12.8. The molecule has 0 radical (unpaired) electrons. The third-order valence-electron chi connectivity index (χ3n) is 2.24. The average molecular weight is 277 g/mol. The van der Waals surface area contributed by atoms with Crippen LogP contribution >= 0.6 is 11.3 Å². The summed E-state index contributed by atoms with van der Waals surface area (Å²) in [6, 6.07) is 10.9. The maximum absolute atomic E-state index is 11.1. The van der Waals surface area contributed by atoms with Crippen molar-refractivity contribution in [2.75, 3.05) is 0 Å². The summed E-state index contributed by atoms with van der Waals surface area (Å²) in [6.45, 7) is 2.01. The summed E-state index contributed by atoms with van der Waals surface area (Å²) < 4.78 is 22.3. The van der Waals surface area contributed by atoms with Crippen LogP contribution in [0.5, 0.6) is 0 Å². The molecule has 0 saturated heterocycles. The fourth-order valence-corrected chi connectivity index (χ4v) is 2.89. The molecule has 0 atom stereocenters. The van der Waals surface area contributed by atoms with E-state index in [-0.39, 0.29) is 4.21 Å². The van der Waals surface area contributed by atoms with Gasteiger partial charge in [-0.3, -0.25) is 0 Å². The highest BCUT2D eigenvalue weighted by atomic mass is 32.2. The molecule has 2 N–H and O–H groups in total. The van der Waals surface area contributed by atoms with E-state index in [0.717, 1.165) is 16.9 Å². The van der Waals surface area contributed by atoms with E-state index < -0.39 is 10.0 Å². The fourth-order valence-electron chi connectivity index (χ4n) is 1.31. The Morgan fingerprint density at radius 3 is 2.28 bits per heavy atom. The van der Waals surface area contributed by atoms with Crippen molar-refractivity contribution in [1.82, 2.24) is 0 Å². The lowest BCUT2D eigenvalue weighted by molar-refractivity contribution is 0.600. The topological polar surface area (TPSA) is 60.2 Å². The Kier molecular flexibility index (Phi) is 3.53. The van der Waals surface area contributed by atoms with Gasteiger partial charge in [-0.1, -0.05) is 29.5 Å². The zero-order chi connectivity index (χ0) is 13.2. The van der Waals surface area contributed by atoms with Crippen LogP contribution in [0.25, 0.3) is 0 Å². The number of benzene rings is 1. The van der Waals surface area contributed by atoms with Crippen LogP contribution in [0.2, 0.25) is 0 Å². The number of sulfonamides is 1. The van der Waals surface area contributed by atoms with Crippen molar-refractivity contribution in [1.29, 1.82) is 0 Å². The van der Waals surface area contributed by atoms with E-state index in [1.54, 1.807) is 6.07 Å². The van der Waals surface area contributed by atoms with Gasteiger partial charge in [0.25, 0.3) is 0 Å². The SMILES string of the molecule is Cc1ccc(C#Cc2ccc(S(N)(=O)=O)s2)cc1. The van der Waals surface area contributed by atoms with Gasteiger partial charge in [-0.2, -0.15) is 0 Å². The Labute approximate surface area is 110 Å². The normalized spacial score (nSPS) is 10.8. The molecular formula is C13H11NO2S2. The number of hydrogen-bond acceptors (Lipinski definition) is 3. The molecule has 5 heteroatoms. The highest BCUT2D eigenvalue weighted by molar-refractivity contribution is 7.91. The molecule has 92 valence electrons. The van der Waals surface area contributed by atoms with E-state index in [9.17, 15) is 8.42 Å². The molecule has 1 aromatic carbocycles. The second-order valence-electron chi connectivity index (χ2n) is 3.78. The number of thiophene rings is 1. The third kappa shape index (κ3) is 3.20. The summed E-state index contributed by atoms with van der Waals surface area (Å²) in [5.74, 6) is 5.90. The Morgan fingerprint density at radius 1 is 1.06 bits per heavy atom. The second-order valence-corrected chi connectivity index (χ2v) is 6.65. The quantitative estimate of drug-likeness (QED) is 0.811. The second kappa shape index (κ2) is 4.94. The van der Waals surface area contributed by atoms with Crippen LogP contribution in [0.15, 0.2) is 40.6 Å². The fraction of sp³-hybridized carbons (Fsp3) is 0.0769. The highest BCUT2D eigenvalue weighted by Gasteiger charge is 2.09. The van der Waals surface area contributed by atoms with Crippen LogP contribution < -0.4 is 5.14 Å². The molecule has 0 aliphatic rings. The molecule has 1 heterocycles. The molecule has 0 fully saturated rings. The van der Waals surface area contributed by atoms with Gasteiger partial charge in [-0.05, 0) is 31.2 Å². The van der Waals surface area contributed by atoms with Crippen molar-refractivity contribution in [2.24, 2.45) is 5.14 Å². The average Bonchev–Trinajstić information content (AvgIpc) is 2.77. The van der Waals surface area contributed by atoms with E-state index in [2.05, 4.69) is 11.8 Å². The maximum Gasteiger partial charge on any atom is 0.247 e. The van der Waals surface area contributed by atoms with E-state index in [4.69, 9.17) is 5.14 Å². The molecule has 3 nitrogen and oxygen atoms in total. The van der Waals surface area contributed by atoms with Gasteiger partial charge < -0.3 is 0 Å². The Bertz CT molecular complexity index is 716. The van der Waals surface area contributed by atoms with E-state index in [1.165, 1.54) is 11.6 Å². The molecular weight excluding hydrogens is 266 g/mol. The minimum Gasteiger partial charge on any atom is -0.224 e. The van der Waals surface area contributed by atoms with E-state index in [1.807, 2.05) is 31.2 Å². The monoisotopic (exact) mass is 277 g/mol. The molecule has 0 aliphatic carbocycles. The third-order valence-corrected chi connectivity index (χ3v) is 4.68. The molecule has 2 aromatic rings. The molecule has 0 spiro atoms. The molecule has 0 bridgehead atoms. The first-order valence-electron chi connectivity index (χ1n) is 5.16. The van der Waals surface area contributed by atoms with Gasteiger partial charge in [-0.25, -0.2) is 13.6 Å². The zero-order valence-electron chi connectivity index (χ0n) is 9.67. The molecule has 0 aliphatic heterocycles. The van der Waals surface area contributed by atoms with E-state index in [0.29, 0.717) is 4.88 Å². The molecule has 0 unspecified atom stereocenters. The summed E-state index contributed by atoms with van der Waals surface area (Å²) in [5, 5.41) is 5.03. The van der Waals surface area contributed by atoms with Crippen molar-refractivity contribution < 1.29 is 8.42 Å². The van der Waals surface area contributed by atoms with Crippen LogP contribution in [-0.2, 0) is 10.0 Å². The van der Waals surface area contributed by atoms with Crippen molar-refractivity contribution in [3.05, 3.63) is 52.4 Å². The van der Waals surface area contributed by atoms with Gasteiger partial charge in [0, 0.05) is 5.56 Å². The predicted octanol–water partition coefficient (Wildman–Crippen LogP) is 2.10. The van der Waals surface area contributed by atoms with Crippen molar-refractivity contribution in [2.45, 2.75) is 11.1 Å². The van der Waals surface area contributed by atoms with Gasteiger partial charge in [0.1, 0.15) is 4.21 Å². The minimum atomic E-state index is -3.62.